The van der Waals surface area contributed by atoms with Gasteiger partial charge in [-0.3, -0.25) is 4.79 Å². The van der Waals surface area contributed by atoms with Crippen molar-refractivity contribution in [3.63, 3.8) is 0 Å². The summed E-state index contributed by atoms with van der Waals surface area (Å²) in [6.45, 7) is 1.36. The van der Waals surface area contributed by atoms with Crippen molar-refractivity contribution < 1.29 is 18.8 Å². The maximum atomic E-state index is 10.4. The van der Waals surface area contributed by atoms with Gasteiger partial charge < -0.3 is 14.0 Å². The van der Waals surface area contributed by atoms with E-state index in [0.29, 0.717) is 0 Å². The van der Waals surface area contributed by atoms with E-state index in [2.05, 4.69) is 14.0 Å². The number of carbonyl (C=O) groups excluding carboxylic acids is 1. The fourth-order valence-electron chi connectivity index (χ4n) is 0.655. The molecule has 0 aromatic rings. The van der Waals surface area contributed by atoms with Crippen LogP contribution in [0.4, 0.5) is 0 Å². The third kappa shape index (κ3) is 0.281. The Morgan fingerprint density at radius 1 is 1.50 bits per heavy atom. The summed E-state index contributed by atoms with van der Waals surface area (Å²) >= 11 is 0. The van der Waals surface area contributed by atoms with Crippen molar-refractivity contribution in [1.82, 2.24) is 0 Å². The lowest BCUT2D eigenvalue weighted by molar-refractivity contribution is -0.430. The van der Waals surface area contributed by atoms with Gasteiger partial charge in [-0.1, -0.05) is 0 Å². The van der Waals surface area contributed by atoms with Gasteiger partial charge in [0.2, 0.25) is 5.78 Å². The summed E-state index contributed by atoms with van der Waals surface area (Å²) < 4.78 is 14.0. The molecule has 42 valence electrons. The summed E-state index contributed by atoms with van der Waals surface area (Å²) in [6, 6.07) is 0. The number of carbonyl (C=O) groups is 1. The summed E-state index contributed by atoms with van der Waals surface area (Å²) in [7, 11) is -0.557. The van der Waals surface area contributed by atoms with Crippen molar-refractivity contribution >= 4 is 13.1 Å². The van der Waals surface area contributed by atoms with Gasteiger partial charge in [-0.15, -0.1) is 0 Å². The van der Waals surface area contributed by atoms with Crippen LogP contribution in [0.15, 0.2) is 0 Å². The smallest absolute Gasteiger partial charge is 0.329 e. The summed E-state index contributed by atoms with van der Waals surface area (Å²) in [5.41, 5.74) is 0. The Morgan fingerprint density at radius 3 is 2.00 bits per heavy atom. The number of Topliss-reactive ketones (excluding diaryl/α,β-unsaturated/α-hetero) is 1. The third-order valence-electron chi connectivity index (χ3n) is 1.19. The van der Waals surface area contributed by atoms with Crippen LogP contribution in [0.5, 0.6) is 0 Å². The van der Waals surface area contributed by atoms with Crippen molar-refractivity contribution in [2.24, 2.45) is 0 Å². The monoisotopic (exact) mass is 114 g/mol. The highest BCUT2D eigenvalue weighted by Crippen LogP contribution is 2.42. The quantitative estimate of drug-likeness (QED) is 0.422. The number of rotatable bonds is 1. The molecule has 0 N–H and O–H groups in total. The molecule has 4 nitrogen and oxygen atoms in total. The molecule has 0 aromatic carbocycles. The molecule has 0 unspecified atom stereocenters. The molecule has 5 heteroatoms. The number of hydrogen-bond acceptors (Lipinski definition) is 4. The lowest BCUT2D eigenvalue weighted by atomic mass is 10.0. The highest BCUT2D eigenvalue weighted by atomic mass is 17.1. The molecule has 3 aliphatic heterocycles. The van der Waals surface area contributed by atoms with Crippen LogP contribution in [0.1, 0.15) is 6.92 Å². The minimum atomic E-state index is -1.27. The Morgan fingerprint density at radius 2 is 2.00 bits per heavy atom. The van der Waals surface area contributed by atoms with Gasteiger partial charge in [-0.05, 0) is 0 Å². The molecule has 8 heavy (non-hydrogen) atoms. The van der Waals surface area contributed by atoms with Crippen LogP contribution in [-0.4, -0.2) is 19.1 Å². The second-order valence-corrected chi connectivity index (χ2v) is 1.75. The second kappa shape index (κ2) is 0.976. The van der Waals surface area contributed by atoms with Gasteiger partial charge in [0.25, 0.3) is 0 Å². The van der Waals surface area contributed by atoms with E-state index in [0.717, 1.165) is 0 Å². The first kappa shape index (κ1) is 4.49. The van der Waals surface area contributed by atoms with E-state index in [1.54, 1.807) is 0 Å². The van der Waals surface area contributed by atoms with Gasteiger partial charge in [-0.2, -0.15) is 0 Å². The lowest BCUT2D eigenvalue weighted by Gasteiger charge is -2.53. The van der Waals surface area contributed by atoms with Crippen LogP contribution < -0.4 is 0 Å². The first-order valence-electron chi connectivity index (χ1n) is 2.27. The van der Waals surface area contributed by atoms with Crippen molar-refractivity contribution in [2.45, 2.75) is 12.9 Å². The van der Waals surface area contributed by atoms with Gasteiger partial charge in [0, 0.05) is 6.92 Å². The molecule has 0 amide bonds. The van der Waals surface area contributed by atoms with Gasteiger partial charge in [0.15, 0.2) is 0 Å². The van der Waals surface area contributed by atoms with Crippen LogP contribution in [0, 0.1) is 0 Å². The summed E-state index contributed by atoms with van der Waals surface area (Å²) in [6.07, 6.45) is 0. The average Bonchev–Trinajstić information content (AvgIpc) is 1.16. The summed E-state index contributed by atoms with van der Waals surface area (Å²) in [5.74, 6) is -1.51. The van der Waals surface area contributed by atoms with Crippen molar-refractivity contribution in [3.8, 4) is 0 Å². The molecule has 0 radical (unpaired) electrons. The van der Waals surface area contributed by atoms with E-state index < -0.39 is 13.3 Å². The Kier molecular flexibility index (Phi) is 0.548. The first-order chi connectivity index (χ1) is 3.73. The Hall–Kier alpha value is -0.385. The SMILES string of the molecule is CC(=O)C12OB(O1)O2. The molecule has 0 spiro atoms. The number of hydrogen-bond donors (Lipinski definition) is 0. The topological polar surface area (TPSA) is 44.8 Å². The third-order valence-corrected chi connectivity index (χ3v) is 1.19. The van der Waals surface area contributed by atoms with Gasteiger partial charge >= 0.3 is 13.3 Å². The molecule has 3 fully saturated rings. The average molecular weight is 114 g/mol. The zero-order valence-corrected chi connectivity index (χ0v) is 4.21. The molecule has 3 rings (SSSR count). The molecule has 3 heterocycles. The molecule has 0 atom stereocenters. The van der Waals surface area contributed by atoms with E-state index in [4.69, 9.17) is 0 Å². The highest BCUT2D eigenvalue weighted by Gasteiger charge is 2.72. The normalized spacial score (nSPS) is 28.4. The Labute approximate surface area is 45.9 Å². The van der Waals surface area contributed by atoms with Crippen LogP contribution in [0.3, 0.4) is 0 Å². The van der Waals surface area contributed by atoms with E-state index in [1.165, 1.54) is 6.92 Å². The minimum absolute atomic E-state index is 0.236. The Balaban J connectivity index is 2.15. The van der Waals surface area contributed by atoms with Crippen molar-refractivity contribution in [2.75, 3.05) is 0 Å². The first-order valence-corrected chi connectivity index (χ1v) is 2.27. The molecular formula is C3H3BO4. The highest BCUT2D eigenvalue weighted by molar-refractivity contribution is 6.45. The zero-order chi connectivity index (χ0) is 5.78. The predicted octanol–water partition coefficient (Wildman–Crippen LogP) is -0.709. The predicted molar refractivity (Wildman–Crippen MR) is 22.4 cm³/mol. The lowest BCUT2D eigenvalue weighted by Crippen LogP contribution is -2.77. The minimum Gasteiger partial charge on any atom is -0.329 e. The standard InChI is InChI=1S/C3H3BO4/c1-2(5)3-6-4(7-3)8-3/h1H3. The zero-order valence-electron chi connectivity index (χ0n) is 4.21. The van der Waals surface area contributed by atoms with E-state index in [-0.39, 0.29) is 5.78 Å². The summed E-state index contributed by atoms with van der Waals surface area (Å²) in [4.78, 5) is 10.4. The van der Waals surface area contributed by atoms with Crippen molar-refractivity contribution in [1.29, 1.82) is 0 Å². The molecular weight excluding hydrogens is 111 g/mol. The van der Waals surface area contributed by atoms with Gasteiger partial charge in [0.1, 0.15) is 0 Å². The molecule has 2 bridgehead atoms. The molecule has 3 aliphatic rings. The van der Waals surface area contributed by atoms with Gasteiger partial charge in [-0.25, -0.2) is 0 Å². The molecule has 0 saturated carbocycles. The maximum Gasteiger partial charge on any atom is 0.651 e. The van der Waals surface area contributed by atoms with Crippen LogP contribution >= 0.6 is 0 Å². The fraction of sp³-hybridized carbons (Fsp3) is 0.667. The molecule has 0 aliphatic carbocycles. The summed E-state index contributed by atoms with van der Waals surface area (Å²) in [5, 5.41) is 0. The molecule has 0 aromatic heterocycles. The van der Waals surface area contributed by atoms with Crippen molar-refractivity contribution in [3.05, 3.63) is 0 Å². The number of ketones is 1. The van der Waals surface area contributed by atoms with E-state index in [9.17, 15) is 4.79 Å². The van der Waals surface area contributed by atoms with Crippen LogP contribution in [-0.2, 0) is 18.8 Å². The van der Waals surface area contributed by atoms with Crippen LogP contribution in [0.2, 0.25) is 0 Å². The van der Waals surface area contributed by atoms with Crippen LogP contribution in [0.25, 0.3) is 0 Å². The molecule has 3 saturated heterocycles. The van der Waals surface area contributed by atoms with E-state index >= 15 is 0 Å². The Bertz CT molecular complexity index is 138. The largest absolute Gasteiger partial charge is 0.651 e. The second-order valence-electron chi connectivity index (χ2n) is 1.75. The maximum absolute atomic E-state index is 10.4. The van der Waals surface area contributed by atoms with E-state index in [1.807, 2.05) is 0 Å². The van der Waals surface area contributed by atoms with Gasteiger partial charge in [0.05, 0.1) is 0 Å². The fourth-order valence-corrected chi connectivity index (χ4v) is 0.655.